The summed E-state index contributed by atoms with van der Waals surface area (Å²) in [6, 6.07) is 9.36. The van der Waals surface area contributed by atoms with Gasteiger partial charge in [-0.25, -0.2) is 14.2 Å². The van der Waals surface area contributed by atoms with Crippen molar-refractivity contribution in [2.45, 2.75) is 79.0 Å². The van der Waals surface area contributed by atoms with Crippen molar-refractivity contribution in [3.63, 3.8) is 0 Å². The molecule has 0 bridgehead atoms. The van der Waals surface area contributed by atoms with E-state index in [2.05, 4.69) is 10.3 Å². The number of aromatic nitrogens is 2. The number of ether oxygens (including phenoxy) is 2. The first-order chi connectivity index (χ1) is 22.1. The van der Waals surface area contributed by atoms with Crippen LogP contribution in [0.5, 0.6) is 0 Å². The molecule has 0 saturated carbocycles. The van der Waals surface area contributed by atoms with Gasteiger partial charge in [0.05, 0.1) is 34.8 Å². The van der Waals surface area contributed by atoms with Crippen LogP contribution in [-0.4, -0.2) is 82.1 Å². The van der Waals surface area contributed by atoms with Gasteiger partial charge in [-0.3, -0.25) is 14.8 Å². The molecule has 1 N–H and O–H groups in total. The second-order valence-electron chi connectivity index (χ2n) is 13.1. The zero-order chi connectivity index (χ0) is 34.6. The standard InChI is InChI=1S/C35H44ClFN6O4/c1-20(2)29-30(21(3)14-15-38-29)40-32-25(16-26(36)31(41-32)24-12-10-11-13-27(24)37)33(39-17-28(44)46-9)42-18-23(5)43(19-22(42)4)34(45)47-35(6,7)8/h10-16,20,22-23H,17-19H2,1-9H3,(H,40,41)/b39-33+/t22-,23+/m0/s1. The molecule has 3 heterocycles. The fourth-order valence-electron chi connectivity index (χ4n) is 5.43. The van der Waals surface area contributed by atoms with E-state index in [1.54, 1.807) is 35.4 Å². The molecule has 4 rings (SSSR count). The van der Waals surface area contributed by atoms with Crippen LogP contribution in [0.3, 0.4) is 0 Å². The average molecular weight is 667 g/mol. The normalized spacial score (nSPS) is 17.1. The summed E-state index contributed by atoms with van der Waals surface area (Å²) in [4.78, 5) is 43.5. The maximum absolute atomic E-state index is 15.1. The number of aliphatic imine (C=N–C) groups is 1. The average Bonchev–Trinajstić information content (AvgIpc) is 2.99. The molecule has 0 spiro atoms. The van der Waals surface area contributed by atoms with Crippen molar-refractivity contribution in [1.82, 2.24) is 19.8 Å². The Labute approximate surface area is 281 Å². The van der Waals surface area contributed by atoms with Crippen LogP contribution in [0.2, 0.25) is 5.02 Å². The second kappa shape index (κ2) is 14.7. The van der Waals surface area contributed by atoms with Crippen molar-refractivity contribution >= 4 is 41.0 Å². The van der Waals surface area contributed by atoms with Crippen LogP contribution >= 0.6 is 11.6 Å². The molecule has 0 unspecified atom stereocenters. The summed E-state index contributed by atoms with van der Waals surface area (Å²) in [6.07, 6.45) is 1.35. The summed E-state index contributed by atoms with van der Waals surface area (Å²) in [6.45, 7) is 15.9. The topological polar surface area (TPSA) is 109 Å². The maximum atomic E-state index is 15.1. The molecule has 1 saturated heterocycles. The molecule has 1 fully saturated rings. The summed E-state index contributed by atoms with van der Waals surface area (Å²) >= 11 is 6.88. The number of benzene rings is 1. The molecule has 252 valence electrons. The van der Waals surface area contributed by atoms with Gasteiger partial charge in [0.1, 0.15) is 29.6 Å². The number of halogens is 2. The highest BCUT2D eigenvalue weighted by Gasteiger charge is 2.37. The number of pyridine rings is 2. The number of esters is 1. The van der Waals surface area contributed by atoms with Crippen molar-refractivity contribution in [2.75, 3.05) is 32.1 Å². The highest BCUT2D eigenvalue weighted by atomic mass is 35.5. The number of amidine groups is 1. The van der Waals surface area contributed by atoms with Gasteiger partial charge in [0.15, 0.2) is 0 Å². The van der Waals surface area contributed by atoms with Crippen LogP contribution in [0.1, 0.15) is 71.2 Å². The van der Waals surface area contributed by atoms with E-state index >= 15 is 4.39 Å². The number of piperazine rings is 1. The summed E-state index contributed by atoms with van der Waals surface area (Å²) in [5.74, 6) is -0.154. The first-order valence-electron chi connectivity index (χ1n) is 15.7. The number of hydrogen-bond donors (Lipinski definition) is 1. The first kappa shape index (κ1) is 35.6. The summed E-state index contributed by atoms with van der Waals surface area (Å²) in [5, 5.41) is 3.68. The van der Waals surface area contributed by atoms with E-state index in [1.807, 2.05) is 66.4 Å². The van der Waals surface area contributed by atoms with Gasteiger partial charge >= 0.3 is 12.1 Å². The Morgan fingerprint density at radius 3 is 2.43 bits per heavy atom. The van der Waals surface area contributed by atoms with E-state index < -0.39 is 23.5 Å². The maximum Gasteiger partial charge on any atom is 0.410 e. The lowest BCUT2D eigenvalue weighted by molar-refractivity contribution is -0.138. The second-order valence-corrected chi connectivity index (χ2v) is 13.5. The summed E-state index contributed by atoms with van der Waals surface area (Å²) in [7, 11) is 1.30. The number of methoxy groups -OCH3 is 1. The number of hydrogen-bond acceptors (Lipinski definition) is 8. The molecule has 0 radical (unpaired) electrons. The molecule has 1 amide bonds. The third-order valence-electron chi connectivity index (χ3n) is 7.80. The van der Waals surface area contributed by atoms with Gasteiger partial charge in [-0.1, -0.05) is 37.6 Å². The van der Waals surface area contributed by atoms with Gasteiger partial charge in [0.25, 0.3) is 0 Å². The highest BCUT2D eigenvalue weighted by Crippen LogP contribution is 2.36. The minimum absolute atomic E-state index is 0.0773. The largest absolute Gasteiger partial charge is 0.468 e. The number of amides is 1. The molecule has 1 aliphatic heterocycles. The molecule has 47 heavy (non-hydrogen) atoms. The van der Waals surface area contributed by atoms with Gasteiger partial charge in [-0.05, 0) is 77.3 Å². The quantitative estimate of drug-likeness (QED) is 0.158. The molecule has 10 nitrogen and oxygen atoms in total. The van der Waals surface area contributed by atoms with Gasteiger partial charge in [-0.15, -0.1) is 0 Å². The van der Waals surface area contributed by atoms with E-state index in [0.717, 1.165) is 16.9 Å². The van der Waals surface area contributed by atoms with Gasteiger partial charge in [-0.2, -0.15) is 0 Å². The number of aryl methyl sites for hydroxylation is 1. The van der Waals surface area contributed by atoms with Crippen LogP contribution in [0.15, 0.2) is 47.6 Å². The smallest absolute Gasteiger partial charge is 0.410 e. The first-order valence-corrected chi connectivity index (χ1v) is 16.0. The predicted molar refractivity (Wildman–Crippen MR) is 183 cm³/mol. The predicted octanol–water partition coefficient (Wildman–Crippen LogP) is 7.36. The molecule has 3 aromatic rings. The molecule has 2 atom stereocenters. The number of anilines is 2. The zero-order valence-electron chi connectivity index (χ0n) is 28.5. The van der Waals surface area contributed by atoms with Gasteiger partial charge in [0.2, 0.25) is 0 Å². The minimum Gasteiger partial charge on any atom is -0.468 e. The Morgan fingerprint density at radius 2 is 1.79 bits per heavy atom. The number of carbonyl (C=O) groups excluding carboxylic acids is 2. The van der Waals surface area contributed by atoms with Crippen LogP contribution in [0, 0.1) is 12.7 Å². The van der Waals surface area contributed by atoms with Crippen molar-refractivity contribution in [3.8, 4) is 11.3 Å². The third kappa shape index (κ3) is 8.38. The monoisotopic (exact) mass is 666 g/mol. The van der Waals surface area contributed by atoms with Gasteiger partial charge in [0, 0.05) is 36.9 Å². The van der Waals surface area contributed by atoms with Crippen LogP contribution in [0.4, 0.5) is 20.7 Å². The van der Waals surface area contributed by atoms with Crippen LogP contribution in [0.25, 0.3) is 11.3 Å². The number of nitrogens with one attached hydrogen (secondary N) is 1. The third-order valence-corrected chi connectivity index (χ3v) is 8.08. The van der Waals surface area contributed by atoms with Crippen molar-refractivity contribution in [3.05, 3.63) is 70.3 Å². The highest BCUT2D eigenvalue weighted by molar-refractivity contribution is 6.33. The van der Waals surface area contributed by atoms with Crippen molar-refractivity contribution in [1.29, 1.82) is 0 Å². The van der Waals surface area contributed by atoms with Crippen molar-refractivity contribution < 1.29 is 23.5 Å². The number of rotatable bonds is 7. The lowest BCUT2D eigenvalue weighted by atomic mass is 10.0. The zero-order valence-corrected chi connectivity index (χ0v) is 29.3. The van der Waals surface area contributed by atoms with E-state index in [9.17, 15) is 9.59 Å². The Bertz CT molecular complexity index is 1660. The molecule has 12 heteroatoms. The van der Waals surface area contributed by atoms with E-state index in [-0.39, 0.29) is 40.8 Å². The van der Waals surface area contributed by atoms with Crippen LogP contribution in [-0.2, 0) is 14.3 Å². The minimum atomic E-state index is -0.646. The molecular weight excluding hydrogens is 623 g/mol. The fraction of sp³-hybridized carbons (Fsp3) is 0.457. The SMILES string of the molecule is COC(=O)C/N=C(\c1cc(Cl)c(-c2ccccc2F)nc1Nc1c(C)ccnc1C(C)C)N1C[C@@H](C)N(C(=O)OC(C)(C)C)C[C@@H]1C. The molecule has 0 aliphatic carbocycles. The van der Waals surface area contributed by atoms with E-state index in [1.165, 1.54) is 13.2 Å². The Morgan fingerprint density at radius 1 is 1.13 bits per heavy atom. The Hall–Kier alpha value is -4.25. The molecule has 1 aliphatic rings. The lowest BCUT2D eigenvalue weighted by Gasteiger charge is -2.45. The van der Waals surface area contributed by atoms with E-state index in [4.69, 9.17) is 31.1 Å². The summed E-state index contributed by atoms with van der Waals surface area (Å²) < 4.78 is 25.7. The van der Waals surface area contributed by atoms with Crippen molar-refractivity contribution in [2.24, 2.45) is 4.99 Å². The lowest BCUT2D eigenvalue weighted by Crippen LogP contribution is -2.60. The fourth-order valence-corrected chi connectivity index (χ4v) is 5.68. The van der Waals surface area contributed by atoms with Gasteiger partial charge < -0.3 is 24.6 Å². The Kier molecular flexibility index (Phi) is 11.1. The summed E-state index contributed by atoms with van der Waals surface area (Å²) in [5.41, 5.74) is 2.82. The van der Waals surface area contributed by atoms with E-state index in [0.29, 0.717) is 30.3 Å². The molecule has 1 aromatic carbocycles. The number of nitrogens with zero attached hydrogens (tertiary/aromatic N) is 5. The Balaban J connectivity index is 1.90. The van der Waals surface area contributed by atoms with Crippen LogP contribution < -0.4 is 5.32 Å². The molecular formula is C35H44ClFN6O4. The number of carbonyl (C=O) groups is 2. The molecule has 2 aromatic heterocycles.